The maximum atomic E-state index is 13.4. The molecule has 184 valence electrons. The van der Waals surface area contributed by atoms with Gasteiger partial charge in [0.25, 0.3) is 5.91 Å². The van der Waals surface area contributed by atoms with E-state index >= 15 is 0 Å². The first-order chi connectivity index (χ1) is 17.7. The van der Waals surface area contributed by atoms with Crippen molar-refractivity contribution in [1.29, 1.82) is 0 Å². The molecule has 2 aromatic carbocycles. The number of rotatable bonds is 8. The molecule has 0 bridgehead atoms. The van der Waals surface area contributed by atoms with E-state index in [0.717, 1.165) is 54.7 Å². The fourth-order valence-electron chi connectivity index (χ4n) is 4.34. The zero-order valence-corrected chi connectivity index (χ0v) is 20.0. The van der Waals surface area contributed by atoms with Crippen molar-refractivity contribution in [3.05, 3.63) is 84.6 Å². The molecule has 0 unspecified atom stereocenters. The van der Waals surface area contributed by atoms with Crippen LogP contribution in [-0.4, -0.2) is 35.5 Å². The molecule has 1 fully saturated rings. The summed E-state index contributed by atoms with van der Waals surface area (Å²) >= 11 is 0. The van der Waals surface area contributed by atoms with Gasteiger partial charge in [-0.15, -0.1) is 0 Å². The minimum Gasteiger partial charge on any atom is -0.472 e. The standard InChI is InChI=1S/C28H30N6O2/c29-15-19-1-3-22(4-2-19)26-27(34-25(17-32-26)31-16-20-9-12-30-13-10-20)28(35)33-24-7-5-21(6-8-24)23-11-14-36-18-23/h1-8,11,14,17-18,20,30H,9-10,12-13,15-16,29H2,(H,31,34)(H,33,35). The lowest BCUT2D eigenvalue weighted by Crippen LogP contribution is -2.31. The monoisotopic (exact) mass is 482 g/mol. The van der Waals surface area contributed by atoms with Crippen LogP contribution < -0.4 is 21.7 Å². The second-order valence-electron chi connectivity index (χ2n) is 8.97. The quantitative estimate of drug-likeness (QED) is 0.291. The van der Waals surface area contributed by atoms with Crippen LogP contribution in [0.4, 0.5) is 11.5 Å². The SMILES string of the molecule is NCc1ccc(-c2ncc(NCC3CCNCC3)nc2C(=O)Nc2ccc(-c3ccoc3)cc2)cc1. The summed E-state index contributed by atoms with van der Waals surface area (Å²) in [5, 5.41) is 9.75. The number of carbonyl (C=O) groups is 1. The van der Waals surface area contributed by atoms with Crippen molar-refractivity contribution < 1.29 is 9.21 Å². The molecule has 1 aliphatic heterocycles. The first-order valence-electron chi connectivity index (χ1n) is 12.2. The van der Waals surface area contributed by atoms with Gasteiger partial charge in [-0.25, -0.2) is 9.97 Å². The lowest BCUT2D eigenvalue weighted by atomic mass is 9.98. The van der Waals surface area contributed by atoms with Crippen LogP contribution >= 0.6 is 0 Å². The summed E-state index contributed by atoms with van der Waals surface area (Å²) in [5.41, 5.74) is 11.0. The predicted octanol–water partition coefficient (Wildman–Crippen LogP) is 4.53. The average Bonchev–Trinajstić information content (AvgIpc) is 3.48. The second-order valence-corrected chi connectivity index (χ2v) is 8.97. The Morgan fingerprint density at radius 1 is 1.00 bits per heavy atom. The van der Waals surface area contributed by atoms with Crippen LogP contribution in [0, 0.1) is 5.92 Å². The molecule has 3 heterocycles. The average molecular weight is 483 g/mol. The summed E-state index contributed by atoms with van der Waals surface area (Å²) < 4.78 is 5.16. The summed E-state index contributed by atoms with van der Waals surface area (Å²) in [7, 11) is 0. The highest BCUT2D eigenvalue weighted by Gasteiger charge is 2.19. The minimum atomic E-state index is -0.318. The first kappa shape index (κ1) is 23.7. The topological polar surface area (TPSA) is 118 Å². The molecule has 0 aliphatic carbocycles. The maximum absolute atomic E-state index is 13.4. The zero-order chi connectivity index (χ0) is 24.7. The maximum Gasteiger partial charge on any atom is 0.276 e. The summed E-state index contributed by atoms with van der Waals surface area (Å²) in [6.45, 7) is 3.32. The van der Waals surface area contributed by atoms with Gasteiger partial charge in [0.1, 0.15) is 11.5 Å². The van der Waals surface area contributed by atoms with Crippen LogP contribution in [0.15, 0.2) is 77.7 Å². The molecule has 5 rings (SSSR count). The summed E-state index contributed by atoms with van der Waals surface area (Å²) in [5.74, 6) is 0.848. The number of hydrogen-bond donors (Lipinski definition) is 4. The number of aromatic nitrogens is 2. The number of hydrogen-bond acceptors (Lipinski definition) is 7. The Morgan fingerprint density at radius 3 is 2.44 bits per heavy atom. The van der Waals surface area contributed by atoms with Crippen molar-refractivity contribution in [3.8, 4) is 22.4 Å². The van der Waals surface area contributed by atoms with E-state index < -0.39 is 0 Å². The number of carbonyl (C=O) groups excluding carboxylic acids is 1. The van der Waals surface area contributed by atoms with E-state index in [-0.39, 0.29) is 11.6 Å². The van der Waals surface area contributed by atoms with E-state index in [2.05, 4.69) is 20.9 Å². The molecule has 0 saturated carbocycles. The van der Waals surface area contributed by atoms with Crippen LogP contribution in [0.1, 0.15) is 28.9 Å². The van der Waals surface area contributed by atoms with Crippen molar-refractivity contribution in [1.82, 2.24) is 15.3 Å². The van der Waals surface area contributed by atoms with Gasteiger partial charge in [-0.3, -0.25) is 4.79 Å². The summed E-state index contributed by atoms with van der Waals surface area (Å²) in [6, 6.07) is 17.2. The van der Waals surface area contributed by atoms with Gasteiger partial charge in [-0.05, 0) is 61.2 Å². The normalized spacial score (nSPS) is 13.9. The van der Waals surface area contributed by atoms with Gasteiger partial charge in [-0.1, -0.05) is 36.4 Å². The van der Waals surface area contributed by atoms with E-state index in [9.17, 15) is 4.79 Å². The van der Waals surface area contributed by atoms with Crippen LogP contribution in [0.2, 0.25) is 0 Å². The van der Waals surface area contributed by atoms with E-state index in [1.165, 1.54) is 0 Å². The molecule has 2 aromatic heterocycles. The Morgan fingerprint density at radius 2 is 1.75 bits per heavy atom. The third-order valence-corrected chi connectivity index (χ3v) is 6.48. The number of furan rings is 1. The van der Waals surface area contributed by atoms with Gasteiger partial charge in [-0.2, -0.15) is 0 Å². The largest absolute Gasteiger partial charge is 0.472 e. The van der Waals surface area contributed by atoms with Crippen LogP contribution in [0.5, 0.6) is 0 Å². The number of amides is 1. The third kappa shape index (κ3) is 5.62. The number of benzene rings is 2. The summed E-state index contributed by atoms with van der Waals surface area (Å²) in [6.07, 6.45) is 7.26. The van der Waals surface area contributed by atoms with Gasteiger partial charge >= 0.3 is 0 Å². The molecule has 5 N–H and O–H groups in total. The summed E-state index contributed by atoms with van der Waals surface area (Å²) in [4.78, 5) is 22.7. The molecule has 0 atom stereocenters. The predicted molar refractivity (Wildman–Crippen MR) is 142 cm³/mol. The lowest BCUT2D eigenvalue weighted by molar-refractivity contribution is 0.102. The molecule has 8 nitrogen and oxygen atoms in total. The van der Waals surface area contributed by atoms with Gasteiger partial charge < -0.3 is 26.1 Å². The highest BCUT2D eigenvalue weighted by atomic mass is 16.3. The van der Waals surface area contributed by atoms with E-state index in [1.807, 2.05) is 54.6 Å². The number of anilines is 2. The van der Waals surface area contributed by atoms with Crippen molar-refractivity contribution in [3.63, 3.8) is 0 Å². The fourth-order valence-corrected chi connectivity index (χ4v) is 4.34. The molecule has 8 heteroatoms. The van der Waals surface area contributed by atoms with Gasteiger partial charge in [0, 0.05) is 29.9 Å². The van der Waals surface area contributed by atoms with E-state index in [0.29, 0.717) is 29.7 Å². The van der Waals surface area contributed by atoms with Crippen molar-refractivity contribution in [2.24, 2.45) is 11.7 Å². The molecular formula is C28H30N6O2. The van der Waals surface area contributed by atoms with Crippen molar-refractivity contribution in [2.75, 3.05) is 30.3 Å². The third-order valence-electron chi connectivity index (χ3n) is 6.48. The van der Waals surface area contributed by atoms with Crippen LogP contribution in [-0.2, 0) is 6.54 Å². The van der Waals surface area contributed by atoms with Crippen LogP contribution in [0.25, 0.3) is 22.4 Å². The zero-order valence-electron chi connectivity index (χ0n) is 20.0. The van der Waals surface area contributed by atoms with Gasteiger partial charge in [0.05, 0.1) is 18.7 Å². The van der Waals surface area contributed by atoms with E-state index in [4.69, 9.17) is 15.1 Å². The van der Waals surface area contributed by atoms with Crippen molar-refractivity contribution >= 4 is 17.4 Å². The molecule has 4 aromatic rings. The Bertz CT molecular complexity index is 1280. The molecule has 36 heavy (non-hydrogen) atoms. The fraction of sp³-hybridized carbons (Fsp3) is 0.250. The Balaban J connectivity index is 1.39. The Labute approximate surface area is 210 Å². The Hall–Kier alpha value is -4.01. The molecule has 0 spiro atoms. The number of nitrogens with zero attached hydrogens (tertiary/aromatic N) is 2. The highest BCUT2D eigenvalue weighted by molar-refractivity contribution is 6.07. The molecular weight excluding hydrogens is 452 g/mol. The number of piperidine rings is 1. The van der Waals surface area contributed by atoms with Gasteiger partial charge in [0.15, 0.2) is 5.69 Å². The lowest BCUT2D eigenvalue weighted by Gasteiger charge is -2.23. The Kier molecular flexibility index (Phi) is 7.35. The smallest absolute Gasteiger partial charge is 0.276 e. The van der Waals surface area contributed by atoms with Crippen molar-refractivity contribution in [2.45, 2.75) is 19.4 Å². The molecule has 0 radical (unpaired) electrons. The second kappa shape index (κ2) is 11.2. The molecule has 1 saturated heterocycles. The number of nitrogens with two attached hydrogens (primary N) is 1. The molecule has 1 aliphatic rings. The highest BCUT2D eigenvalue weighted by Crippen LogP contribution is 2.25. The van der Waals surface area contributed by atoms with Crippen LogP contribution in [0.3, 0.4) is 0 Å². The molecule has 1 amide bonds. The van der Waals surface area contributed by atoms with Gasteiger partial charge in [0.2, 0.25) is 0 Å². The first-order valence-corrected chi connectivity index (χ1v) is 12.2. The number of nitrogens with one attached hydrogen (secondary N) is 3. The minimum absolute atomic E-state index is 0.268. The van der Waals surface area contributed by atoms with E-state index in [1.54, 1.807) is 18.7 Å².